The molecular formula is C11H22N2O2. The second kappa shape index (κ2) is 4.49. The lowest BCUT2D eigenvalue weighted by Gasteiger charge is -2.34. The third-order valence-electron chi connectivity index (χ3n) is 2.84. The molecule has 15 heavy (non-hydrogen) atoms. The van der Waals surface area contributed by atoms with Crippen LogP contribution < -0.4 is 0 Å². The Hall–Kier alpha value is -0.610. The maximum Gasteiger partial charge on any atom is 0.237 e. The molecule has 0 bridgehead atoms. The van der Waals surface area contributed by atoms with E-state index in [1.165, 1.54) is 0 Å². The number of nitrogens with zero attached hydrogens (tertiary/aromatic N) is 2. The first-order chi connectivity index (χ1) is 6.82. The van der Waals surface area contributed by atoms with E-state index in [0.717, 1.165) is 19.4 Å². The molecular weight excluding hydrogens is 192 g/mol. The summed E-state index contributed by atoms with van der Waals surface area (Å²) < 4.78 is 0. The van der Waals surface area contributed by atoms with Crippen LogP contribution in [0.4, 0.5) is 0 Å². The average molecular weight is 214 g/mol. The summed E-state index contributed by atoms with van der Waals surface area (Å²) in [6.07, 6.45) is 1.90. The van der Waals surface area contributed by atoms with Gasteiger partial charge in [0.25, 0.3) is 0 Å². The Morgan fingerprint density at radius 1 is 1.53 bits per heavy atom. The van der Waals surface area contributed by atoms with Gasteiger partial charge in [0, 0.05) is 6.54 Å². The molecule has 1 aliphatic rings. The van der Waals surface area contributed by atoms with Crippen molar-refractivity contribution < 1.29 is 9.90 Å². The van der Waals surface area contributed by atoms with Crippen molar-refractivity contribution in [1.29, 1.82) is 0 Å². The standard InChI is InChI=1S/C11H22N2O2/c1-11(2,15)9-6-5-7-13(9)10(14)8-12(3)4/h9,15H,5-8H2,1-4H3/t9-/m1/s1. The zero-order valence-corrected chi connectivity index (χ0v) is 10.2. The molecule has 4 heteroatoms. The maximum atomic E-state index is 11.9. The molecule has 1 atom stereocenters. The Labute approximate surface area is 91.9 Å². The third kappa shape index (κ3) is 3.18. The Balaban J connectivity index is 2.64. The van der Waals surface area contributed by atoms with Crippen molar-refractivity contribution in [3.63, 3.8) is 0 Å². The summed E-state index contributed by atoms with van der Waals surface area (Å²) >= 11 is 0. The van der Waals surface area contributed by atoms with E-state index in [2.05, 4.69) is 0 Å². The van der Waals surface area contributed by atoms with Gasteiger partial charge in [-0.1, -0.05) is 0 Å². The van der Waals surface area contributed by atoms with E-state index in [1.807, 2.05) is 23.9 Å². The molecule has 0 unspecified atom stereocenters. The molecule has 1 aliphatic heterocycles. The van der Waals surface area contributed by atoms with Gasteiger partial charge in [-0.3, -0.25) is 4.79 Å². The molecule has 88 valence electrons. The minimum absolute atomic E-state index is 0.0232. The number of likely N-dealkylation sites (N-methyl/N-ethyl adjacent to an activating group) is 1. The van der Waals surface area contributed by atoms with Crippen LogP contribution in [0.15, 0.2) is 0 Å². The van der Waals surface area contributed by atoms with Gasteiger partial charge in [-0.05, 0) is 40.8 Å². The van der Waals surface area contributed by atoms with Crippen LogP contribution in [0, 0.1) is 0 Å². The Kier molecular flexibility index (Phi) is 3.73. The quantitative estimate of drug-likeness (QED) is 0.735. The molecule has 0 aliphatic carbocycles. The van der Waals surface area contributed by atoms with E-state index in [1.54, 1.807) is 13.8 Å². The summed E-state index contributed by atoms with van der Waals surface area (Å²) in [4.78, 5) is 15.6. The van der Waals surface area contributed by atoms with Crippen molar-refractivity contribution in [1.82, 2.24) is 9.80 Å². The van der Waals surface area contributed by atoms with Gasteiger partial charge >= 0.3 is 0 Å². The molecule has 1 rings (SSSR count). The summed E-state index contributed by atoms with van der Waals surface area (Å²) in [5.74, 6) is 0.115. The molecule has 1 heterocycles. The van der Waals surface area contributed by atoms with E-state index in [0.29, 0.717) is 6.54 Å². The van der Waals surface area contributed by atoms with Crippen molar-refractivity contribution >= 4 is 5.91 Å². The summed E-state index contributed by atoms with van der Waals surface area (Å²) in [5, 5.41) is 9.96. The van der Waals surface area contributed by atoms with Crippen LogP contribution >= 0.6 is 0 Å². The number of carbonyl (C=O) groups excluding carboxylic acids is 1. The van der Waals surface area contributed by atoms with Crippen molar-refractivity contribution in [3.05, 3.63) is 0 Å². The third-order valence-corrected chi connectivity index (χ3v) is 2.84. The topological polar surface area (TPSA) is 43.8 Å². The maximum absolute atomic E-state index is 11.9. The molecule has 1 N–H and O–H groups in total. The fraction of sp³-hybridized carbons (Fsp3) is 0.909. The molecule has 0 aromatic rings. The van der Waals surface area contributed by atoms with E-state index in [9.17, 15) is 9.90 Å². The molecule has 4 nitrogen and oxygen atoms in total. The Morgan fingerprint density at radius 3 is 2.60 bits per heavy atom. The SMILES string of the molecule is CN(C)CC(=O)N1CCC[C@@H]1C(C)(C)O. The van der Waals surface area contributed by atoms with E-state index >= 15 is 0 Å². The predicted octanol–water partition coefficient (Wildman–Crippen LogP) is 0.310. The number of hydrogen-bond acceptors (Lipinski definition) is 3. The van der Waals surface area contributed by atoms with Gasteiger partial charge in [0.15, 0.2) is 0 Å². The number of amides is 1. The van der Waals surface area contributed by atoms with Crippen LogP contribution in [0.2, 0.25) is 0 Å². The lowest BCUT2D eigenvalue weighted by Crippen LogP contribution is -2.50. The lowest BCUT2D eigenvalue weighted by molar-refractivity contribution is -0.137. The van der Waals surface area contributed by atoms with E-state index < -0.39 is 5.60 Å². The highest BCUT2D eigenvalue weighted by Crippen LogP contribution is 2.26. The van der Waals surface area contributed by atoms with Gasteiger partial charge in [-0.25, -0.2) is 0 Å². The Bertz CT molecular complexity index is 233. The molecule has 1 amide bonds. The van der Waals surface area contributed by atoms with Gasteiger partial charge in [-0.15, -0.1) is 0 Å². The molecule has 0 spiro atoms. The van der Waals surface area contributed by atoms with Gasteiger partial charge in [0.2, 0.25) is 5.91 Å². The van der Waals surface area contributed by atoms with Crippen LogP contribution in [-0.2, 0) is 4.79 Å². The van der Waals surface area contributed by atoms with Gasteiger partial charge < -0.3 is 14.9 Å². The van der Waals surface area contributed by atoms with Crippen LogP contribution in [0.3, 0.4) is 0 Å². The largest absolute Gasteiger partial charge is 0.388 e. The summed E-state index contributed by atoms with van der Waals surface area (Å²) in [5.41, 5.74) is -0.793. The second-order valence-electron chi connectivity index (χ2n) is 5.14. The van der Waals surface area contributed by atoms with E-state index in [-0.39, 0.29) is 11.9 Å². The molecule has 0 saturated carbocycles. The van der Waals surface area contributed by atoms with Crippen molar-refractivity contribution in [3.8, 4) is 0 Å². The number of aliphatic hydroxyl groups is 1. The molecule has 1 saturated heterocycles. The monoisotopic (exact) mass is 214 g/mol. The van der Waals surface area contributed by atoms with Crippen LogP contribution in [0.5, 0.6) is 0 Å². The van der Waals surface area contributed by atoms with Gasteiger partial charge in [0.1, 0.15) is 0 Å². The zero-order valence-electron chi connectivity index (χ0n) is 10.2. The summed E-state index contributed by atoms with van der Waals surface area (Å²) in [7, 11) is 3.76. The average Bonchev–Trinajstić information content (AvgIpc) is 2.48. The van der Waals surface area contributed by atoms with Crippen LogP contribution in [-0.4, -0.2) is 59.6 Å². The Morgan fingerprint density at radius 2 is 2.13 bits per heavy atom. The van der Waals surface area contributed by atoms with Crippen LogP contribution in [0.1, 0.15) is 26.7 Å². The predicted molar refractivity (Wildman–Crippen MR) is 59.6 cm³/mol. The molecule has 0 aromatic heterocycles. The smallest absolute Gasteiger partial charge is 0.237 e. The fourth-order valence-electron chi connectivity index (χ4n) is 2.16. The number of carbonyl (C=O) groups is 1. The van der Waals surface area contributed by atoms with Crippen molar-refractivity contribution in [2.75, 3.05) is 27.2 Å². The first-order valence-corrected chi connectivity index (χ1v) is 5.49. The summed E-state index contributed by atoms with van der Waals surface area (Å²) in [6, 6.07) is -0.0232. The highest BCUT2D eigenvalue weighted by molar-refractivity contribution is 5.79. The first-order valence-electron chi connectivity index (χ1n) is 5.49. The summed E-state index contributed by atoms with van der Waals surface area (Å²) in [6.45, 7) is 4.76. The van der Waals surface area contributed by atoms with Crippen molar-refractivity contribution in [2.24, 2.45) is 0 Å². The minimum Gasteiger partial charge on any atom is -0.388 e. The zero-order chi connectivity index (χ0) is 11.6. The molecule has 0 radical (unpaired) electrons. The van der Waals surface area contributed by atoms with Crippen molar-refractivity contribution in [2.45, 2.75) is 38.3 Å². The number of rotatable bonds is 3. The number of hydrogen-bond donors (Lipinski definition) is 1. The first kappa shape index (κ1) is 12.5. The second-order valence-corrected chi connectivity index (χ2v) is 5.14. The normalized spacial score (nSPS) is 22.5. The number of likely N-dealkylation sites (tertiary alicyclic amines) is 1. The van der Waals surface area contributed by atoms with Gasteiger partial charge in [0.05, 0.1) is 18.2 Å². The lowest BCUT2D eigenvalue weighted by atomic mass is 9.96. The molecule has 0 aromatic carbocycles. The van der Waals surface area contributed by atoms with Gasteiger partial charge in [-0.2, -0.15) is 0 Å². The molecule has 1 fully saturated rings. The van der Waals surface area contributed by atoms with Crippen LogP contribution in [0.25, 0.3) is 0 Å². The highest BCUT2D eigenvalue weighted by atomic mass is 16.3. The minimum atomic E-state index is -0.793. The fourth-order valence-corrected chi connectivity index (χ4v) is 2.16. The van der Waals surface area contributed by atoms with E-state index in [4.69, 9.17) is 0 Å². The highest BCUT2D eigenvalue weighted by Gasteiger charge is 2.38.